The Kier molecular flexibility index (Phi) is 4.22. The smallest absolute Gasteiger partial charge is 0.124 e. The maximum Gasteiger partial charge on any atom is 0.124 e. The van der Waals surface area contributed by atoms with Crippen LogP contribution in [0.1, 0.15) is 31.4 Å². The predicted molar refractivity (Wildman–Crippen MR) is 86.7 cm³/mol. The van der Waals surface area contributed by atoms with E-state index in [2.05, 4.69) is 52.4 Å². The van der Waals surface area contributed by atoms with Gasteiger partial charge in [0.05, 0.1) is 5.69 Å². The van der Waals surface area contributed by atoms with E-state index >= 15 is 0 Å². The van der Waals surface area contributed by atoms with E-state index in [1.54, 1.807) is 0 Å². The van der Waals surface area contributed by atoms with Crippen molar-refractivity contribution >= 4 is 5.82 Å². The predicted octanol–water partition coefficient (Wildman–Crippen LogP) is 1.70. The molecule has 2 aliphatic rings. The highest BCUT2D eigenvalue weighted by atomic mass is 15.3. The molecule has 1 fully saturated rings. The normalized spacial score (nSPS) is 24.1. The second kappa shape index (κ2) is 5.97. The van der Waals surface area contributed by atoms with E-state index in [0.29, 0.717) is 11.5 Å². The summed E-state index contributed by atoms with van der Waals surface area (Å²) in [4.78, 5) is 2.43. The number of fused-ring (bicyclic) bond motifs is 1. The molecule has 0 aromatic carbocycles. The molecule has 1 atom stereocenters. The molecule has 1 saturated carbocycles. The summed E-state index contributed by atoms with van der Waals surface area (Å²) in [6, 6.07) is 2.13. The quantitative estimate of drug-likeness (QED) is 0.867. The van der Waals surface area contributed by atoms with Crippen LogP contribution < -0.4 is 10.6 Å². The van der Waals surface area contributed by atoms with Crippen molar-refractivity contribution in [3.05, 3.63) is 11.8 Å². The van der Waals surface area contributed by atoms with E-state index in [1.807, 2.05) is 0 Å². The molecular weight excluding hydrogens is 262 g/mol. The minimum absolute atomic E-state index is 0.384. The van der Waals surface area contributed by atoms with Gasteiger partial charge < -0.3 is 15.5 Å². The molecule has 0 bridgehead atoms. The summed E-state index contributed by atoms with van der Waals surface area (Å²) >= 11 is 0. The van der Waals surface area contributed by atoms with E-state index < -0.39 is 0 Å². The number of aromatic nitrogens is 2. The molecule has 1 aliphatic carbocycles. The van der Waals surface area contributed by atoms with Crippen LogP contribution in [0.15, 0.2) is 6.07 Å². The van der Waals surface area contributed by atoms with Crippen molar-refractivity contribution in [3.63, 3.8) is 0 Å². The van der Waals surface area contributed by atoms with Gasteiger partial charge in [-0.1, -0.05) is 12.8 Å². The Morgan fingerprint density at radius 2 is 2.19 bits per heavy atom. The number of hydrogen-bond acceptors (Lipinski definition) is 4. The first kappa shape index (κ1) is 14.9. The van der Waals surface area contributed by atoms with Gasteiger partial charge in [0.1, 0.15) is 5.82 Å². The van der Waals surface area contributed by atoms with Crippen LogP contribution in [-0.2, 0) is 6.54 Å². The standard InChI is InChI=1S/C16H29N5/c1-13-8-15-18-10-14(11-21(15)19-13)9-17-12-16(20(2)3)6-4-5-7-16/h8,14,17-18H,4-7,9-12H2,1-3H3/t14-/m0/s1. The molecule has 3 rings (SSSR count). The van der Waals surface area contributed by atoms with Gasteiger partial charge in [-0.3, -0.25) is 0 Å². The number of nitrogens with one attached hydrogen (secondary N) is 2. The highest BCUT2D eigenvalue weighted by Crippen LogP contribution is 2.33. The molecular formula is C16H29N5. The summed E-state index contributed by atoms with van der Waals surface area (Å²) < 4.78 is 2.11. The van der Waals surface area contributed by atoms with Crippen molar-refractivity contribution in [3.8, 4) is 0 Å². The summed E-state index contributed by atoms with van der Waals surface area (Å²) in [5, 5.41) is 11.8. The van der Waals surface area contributed by atoms with Crippen LogP contribution in [-0.4, -0.2) is 53.9 Å². The molecule has 2 N–H and O–H groups in total. The summed E-state index contributed by atoms with van der Waals surface area (Å²) in [6.07, 6.45) is 5.42. The molecule has 2 heterocycles. The van der Waals surface area contributed by atoms with Gasteiger partial charge >= 0.3 is 0 Å². The van der Waals surface area contributed by atoms with Crippen LogP contribution in [0.3, 0.4) is 0 Å². The molecule has 5 nitrogen and oxygen atoms in total. The SMILES string of the molecule is Cc1cc2n(n1)C[C@@H](CNCC1(N(C)C)CCCC1)CN2. The highest BCUT2D eigenvalue weighted by molar-refractivity contribution is 5.38. The summed E-state index contributed by atoms with van der Waals surface area (Å²) in [7, 11) is 4.46. The Balaban J connectivity index is 1.50. The van der Waals surface area contributed by atoms with Gasteiger partial charge in [-0.15, -0.1) is 0 Å². The molecule has 21 heavy (non-hydrogen) atoms. The number of aryl methyl sites for hydroxylation is 1. The van der Waals surface area contributed by atoms with Crippen molar-refractivity contribution in [2.75, 3.05) is 39.0 Å². The first-order valence-corrected chi connectivity index (χ1v) is 8.25. The molecule has 0 spiro atoms. The fraction of sp³-hybridized carbons (Fsp3) is 0.812. The lowest BCUT2D eigenvalue weighted by Gasteiger charge is -2.37. The van der Waals surface area contributed by atoms with Gasteiger partial charge in [0.2, 0.25) is 0 Å². The summed E-state index contributed by atoms with van der Waals surface area (Å²) in [6.45, 7) is 6.31. The van der Waals surface area contributed by atoms with Gasteiger partial charge in [0, 0.05) is 43.7 Å². The average molecular weight is 291 g/mol. The summed E-state index contributed by atoms with van der Waals surface area (Å²) in [5.41, 5.74) is 1.49. The van der Waals surface area contributed by atoms with Gasteiger partial charge in [-0.2, -0.15) is 5.10 Å². The third kappa shape index (κ3) is 3.09. The third-order valence-corrected chi connectivity index (χ3v) is 5.28. The zero-order valence-corrected chi connectivity index (χ0v) is 13.7. The minimum Gasteiger partial charge on any atom is -0.370 e. The van der Waals surface area contributed by atoms with E-state index in [-0.39, 0.29) is 0 Å². The maximum atomic E-state index is 4.55. The Bertz CT molecular complexity index is 473. The van der Waals surface area contributed by atoms with E-state index in [1.165, 1.54) is 31.5 Å². The average Bonchev–Trinajstić information content (AvgIpc) is 3.04. The lowest BCUT2D eigenvalue weighted by Crippen LogP contribution is -2.51. The zero-order valence-electron chi connectivity index (χ0n) is 13.7. The van der Waals surface area contributed by atoms with Gasteiger partial charge in [-0.25, -0.2) is 4.68 Å². The van der Waals surface area contributed by atoms with Crippen molar-refractivity contribution in [1.29, 1.82) is 0 Å². The maximum absolute atomic E-state index is 4.55. The van der Waals surface area contributed by atoms with Crippen LogP contribution in [0.2, 0.25) is 0 Å². The van der Waals surface area contributed by atoms with Crippen molar-refractivity contribution in [2.24, 2.45) is 5.92 Å². The van der Waals surface area contributed by atoms with Gasteiger partial charge in [0.25, 0.3) is 0 Å². The van der Waals surface area contributed by atoms with Crippen molar-refractivity contribution < 1.29 is 0 Å². The number of hydrogen-bond donors (Lipinski definition) is 2. The Morgan fingerprint density at radius 3 is 2.90 bits per heavy atom. The van der Waals surface area contributed by atoms with Gasteiger partial charge in [0.15, 0.2) is 0 Å². The lowest BCUT2D eigenvalue weighted by molar-refractivity contribution is 0.151. The fourth-order valence-corrected chi connectivity index (χ4v) is 3.85. The molecule has 0 unspecified atom stereocenters. The van der Waals surface area contributed by atoms with Crippen LogP contribution in [0.5, 0.6) is 0 Å². The minimum atomic E-state index is 0.384. The Morgan fingerprint density at radius 1 is 1.43 bits per heavy atom. The fourth-order valence-electron chi connectivity index (χ4n) is 3.85. The topological polar surface area (TPSA) is 45.1 Å². The van der Waals surface area contributed by atoms with Crippen molar-refractivity contribution in [2.45, 2.75) is 44.7 Å². The molecule has 5 heteroatoms. The van der Waals surface area contributed by atoms with Crippen LogP contribution in [0, 0.1) is 12.8 Å². The number of anilines is 1. The molecule has 1 aromatic heterocycles. The van der Waals surface area contributed by atoms with Gasteiger partial charge in [-0.05, 0) is 33.9 Å². The van der Waals surface area contributed by atoms with E-state index in [9.17, 15) is 0 Å². The zero-order chi connectivity index (χ0) is 14.9. The van der Waals surface area contributed by atoms with Crippen molar-refractivity contribution in [1.82, 2.24) is 20.0 Å². The number of nitrogens with zero attached hydrogens (tertiary/aromatic N) is 3. The largest absolute Gasteiger partial charge is 0.370 e. The lowest BCUT2D eigenvalue weighted by atomic mass is 9.95. The number of likely N-dealkylation sites (N-methyl/N-ethyl adjacent to an activating group) is 1. The first-order valence-electron chi connectivity index (χ1n) is 8.25. The molecule has 1 aliphatic heterocycles. The van der Waals surface area contributed by atoms with Crippen LogP contribution in [0.4, 0.5) is 5.82 Å². The molecule has 0 radical (unpaired) electrons. The highest BCUT2D eigenvalue weighted by Gasteiger charge is 2.35. The molecule has 1 aromatic rings. The van der Waals surface area contributed by atoms with E-state index in [4.69, 9.17) is 0 Å². The number of rotatable bonds is 5. The van der Waals surface area contributed by atoms with E-state index in [0.717, 1.165) is 31.9 Å². The molecule has 0 saturated heterocycles. The second-order valence-electron chi connectivity index (χ2n) is 7.06. The van der Waals surface area contributed by atoms with Crippen LogP contribution in [0.25, 0.3) is 0 Å². The Hall–Kier alpha value is -1.07. The first-order chi connectivity index (χ1) is 10.1. The monoisotopic (exact) mass is 291 g/mol. The molecule has 0 amide bonds. The third-order valence-electron chi connectivity index (χ3n) is 5.28. The van der Waals surface area contributed by atoms with Crippen LogP contribution >= 0.6 is 0 Å². The second-order valence-corrected chi connectivity index (χ2v) is 7.06. The summed E-state index contributed by atoms with van der Waals surface area (Å²) in [5.74, 6) is 1.79. The molecule has 118 valence electrons. The Labute approximate surface area is 128 Å².